The molecule has 0 spiro atoms. The summed E-state index contributed by atoms with van der Waals surface area (Å²) in [6.07, 6.45) is -0.662. The van der Waals surface area contributed by atoms with Crippen molar-refractivity contribution in [3.63, 3.8) is 0 Å². The van der Waals surface area contributed by atoms with E-state index < -0.39 is 11.9 Å². The van der Waals surface area contributed by atoms with Crippen LogP contribution in [0.1, 0.15) is 26.3 Å². The van der Waals surface area contributed by atoms with E-state index in [0.29, 0.717) is 12.6 Å². The summed E-state index contributed by atoms with van der Waals surface area (Å²) in [5.74, 6) is -0.273. The van der Waals surface area contributed by atoms with Gasteiger partial charge in [0.05, 0.1) is 0 Å². The van der Waals surface area contributed by atoms with Gasteiger partial charge in [0.15, 0.2) is 17.7 Å². The van der Waals surface area contributed by atoms with Crippen molar-refractivity contribution < 1.29 is 9.13 Å². The van der Waals surface area contributed by atoms with Gasteiger partial charge in [-0.15, -0.1) is 0 Å². The van der Waals surface area contributed by atoms with Crippen LogP contribution >= 0.6 is 0 Å². The minimum atomic E-state index is -0.662. The Morgan fingerprint density at radius 1 is 1.41 bits per heavy atom. The SMILES string of the molecule is CC(C)NCc1cccc(F)c1OC(C)C#N. The van der Waals surface area contributed by atoms with Crippen LogP contribution in [0.15, 0.2) is 18.2 Å². The Labute approximate surface area is 101 Å². The van der Waals surface area contributed by atoms with E-state index in [4.69, 9.17) is 10.00 Å². The topological polar surface area (TPSA) is 45.0 Å². The lowest BCUT2D eigenvalue weighted by Gasteiger charge is -2.15. The highest BCUT2D eigenvalue weighted by atomic mass is 19.1. The summed E-state index contributed by atoms with van der Waals surface area (Å²) in [5, 5.41) is 11.9. The summed E-state index contributed by atoms with van der Waals surface area (Å²) < 4.78 is 18.9. The Balaban J connectivity index is 2.88. The highest BCUT2D eigenvalue weighted by Crippen LogP contribution is 2.23. The van der Waals surface area contributed by atoms with E-state index >= 15 is 0 Å². The Morgan fingerprint density at radius 3 is 2.71 bits per heavy atom. The van der Waals surface area contributed by atoms with Crippen molar-refractivity contribution in [2.45, 2.75) is 39.5 Å². The molecule has 0 bridgehead atoms. The smallest absolute Gasteiger partial charge is 0.181 e. The van der Waals surface area contributed by atoms with E-state index in [1.54, 1.807) is 19.1 Å². The van der Waals surface area contributed by atoms with Crippen LogP contribution in [-0.4, -0.2) is 12.1 Å². The number of rotatable bonds is 5. The first-order valence-corrected chi connectivity index (χ1v) is 5.61. The fraction of sp³-hybridized carbons (Fsp3) is 0.462. The normalized spacial score (nSPS) is 12.2. The van der Waals surface area contributed by atoms with Crippen LogP contribution in [0, 0.1) is 17.1 Å². The zero-order valence-electron chi connectivity index (χ0n) is 10.3. The summed E-state index contributed by atoms with van der Waals surface area (Å²) in [6, 6.07) is 6.99. The Bertz CT molecular complexity index is 412. The van der Waals surface area contributed by atoms with Crippen LogP contribution < -0.4 is 10.1 Å². The molecule has 0 amide bonds. The second-order valence-electron chi connectivity index (χ2n) is 4.15. The van der Waals surface area contributed by atoms with Crippen molar-refractivity contribution in [1.29, 1.82) is 5.26 Å². The molecule has 0 heterocycles. The first kappa shape index (κ1) is 13.5. The summed E-state index contributed by atoms with van der Waals surface area (Å²) in [6.45, 7) is 6.13. The molecular weight excluding hydrogens is 219 g/mol. The number of hydrogen-bond donors (Lipinski definition) is 1. The van der Waals surface area contributed by atoms with E-state index in [9.17, 15) is 4.39 Å². The molecule has 0 saturated carbocycles. The monoisotopic (exact) mass is 236 g/mol. The molecule has 0 fully saturated rings. The number of nitrogens with one attached hydrogen (secondary N) is 1. The van der Waals surface area contributed by atoms with E-state index in [1.165, 1.54) is 6.07 Å². The van der Waals surface area contributed by atoms with Gasteiger partial charge in [-0.25, -0.2) is 4.39 Å². The second kappa shape index (κ2) is 6.21. The number of benzene rings is 1. The van der Waals surface area contributed by atoms with Crippen LogP contribution in [0.25, 0.3) is 0 Å². The fourth-order valence-corrected chi connectivity index (χ4v) is 1.34. The Morgan fingerprint density at radius 2 is 2.12 bits per heavy atom. The predicted molar refractivity (Wildman–Crippen MR) is 64.1 cm³/mol. The molecule has 0 aliphatic rings. The maximum absolute atomic E-state index is 13.6. The lowest BCUT2D eigenvalue weighted by molar-refractivity contribution is 0.259. The molecule has 1 unspecified atom stereocenters. The highest BCUT2D eigenvalue weighted by molar-refractivity contribution is 5.35. The standard InChI is InChI=1S/C13H17FN2O/c1-9(2)16-8-11-5-4-6-12(14)13(11)17-10(3)7-15/h4-6,9-10,16H,8H2,1-3H3. The zero-order chi connectivity index (χ0) is 12.8. The molecule has 1 atom stereocenters. The minimum absolute atomic E-state index is 0.162. The third-order valence-corrected chi connectivity index (χ3v) is 2.23. The van der Waals surface area contributed by atoms with Gasteiger partial charge in [-0.2, -0.15) is 5.26 Å². The average molecular weight is 236 g/mol. The van der Waals surface area contributed by atoms with E-state index in [1.807, 2.05) is 19.9 Å². The average Bonchev–Trinajstić information content (AvgIpc) is 2.29. The minimum Gasteiger partial charge on any atom is -0.472 e. The molecule has 3 nitrogen and oxygen atoms in total. The molecule has 4 heteroatoms. The van der Waals surface area contributed by atoms with Gasteiger partial charge in [0, 0.05) is 18.2 Å². The van der Waals surface area contributed by atoms with Gasteiger partial charge < -0.3 is 10.1 Å². The second-order valence-corrected chi connectivity index (χ2v) is 4.15. The molecule has 0 aliphatic carbocycles. The van der Waals surface area contributed by atoms with Gasteiger partial charge in [-0.1, -0.05) is 26.0 Å². The van der Waals surface area contributed by atoms with Gasteiger partial charge in [-0.3, -0.25) is 0 Å². The maximum Gasteiger partial charge on any atom is 0.181 e. The lowest BCUT2D eigenvalue weighted by atomic mass is 10.2. The van der Waals surface area contributed by atoms with E-state index in [2.05, 4.69) is 5.32 Å². The van der Waals surface area contributed by atoms with Crippen molar-refractivity contribution in [1.82, 2.24) is 5.32 Å². The molecule has 92 valence electrons. The Kier molecular flexibility index (Phi) is 4.92. The highest BCUT2D eigenvalue weighted by Gasteiger charge is 2.12. The first-order chi connectivity index (χ1) is 8.04. The van der Waals surface area contributed by atoms with Crippen LogP contribution in [-0.2, 0) is 6.54 Å². The quantitative estimate of drug-likeness (QED) is 0.854. The van der Waals surface area contributed by atoms with Crippen LogP contribution in [0.3, 0.4) is 0 Å². The van der Waals surface area contributed by atoms with Gasteiger partial charge in [-0.05, 0) is 13.0 Å². The van der Waals surface area contributed by atoms with Crippen molar-refractivity contribution in [2.24, 2.45) is 0 Å². The molecule has 0 saturated heterocycles. The van der Waals surface area contributed by atoms with Crippen LogP contribution in [0.2, 0.25) is 0 Å². The third kappa shape index (κ3) is 4.04. The number of para-hydroxylation sites is 1. The predicted octanol–water partition coefficient (Wildman–Crippen LogP) is 2.61. The van der Waals surface area contributed by atoms with Crippen molar-refractivity contribution in [2.75, 3.05) is 0 Å². The summed E-state index contributed by atoms with van der Waals surface area (Å²) >= 11 is 0. The molecule has 1 aromatic carbocycles. The van der Waals surface area contributed by atoms with Gasteiger partial charge in [0.2, 0.25) is 0 Å². The zero-order valence-corrected chi connectivity index (χ0v) is 10.3. The van der Waals surface area contributed by atoms with E-state index in [-0.39, 0.29) is 5.75 Å². The number of halogens is 1. The number of ether oxygens (including phenoxy) is 1. The summed E-state index contributed by atoms with van der Waals surface area (Å²) in [5.41, 5.74) is 0.723. The van der Waals surface area contributed by atoms with Gasteiger partial charge >= 0.3 is 0 Å². The van der Waals surface area contributed by atoms with E-state index in [0.717, 1.165) is 5.56 Å². The summed E-state index contributed by atoms with van der Waals surface area (Å²) in [4.78, 5) is 0. The fourth-order valence-electron chi connectivity index (χ4n) is 1.34. The number of nitriles is 1. The van der Waals surface area contributed by atoms with Crippen molar-refractivity contribution in [3.05, 3.63) is 29.6 Å². The molecular formula is C13H17FN2O. The largest absolute Gasteiger partial charge is 0.472 e. The molecule has 17 heavy (non-hydrogen) atoms. The van der Waals surface area contributed by atoms with Gasteiger partial charge in [0.25, 0.3) is 0 Å². The molecule has 0 aliphatic heterocycles. The van der Waals surface area contributed by atoms with Gasteiger partial charge in [0.1, 0.15) is 6.07 Å². The third-order valence-electron chi connectivity index (χ3n) is 2.23. The summed E-state index contributed by atoms with van der Waals surface area (Å²) in [7, 11) is 0. The number of hydrogen-bond acceptors (Lipinski definition) is 3. The molecule has 1 rings (SSSR count). The van der Waals surface area contributed by atoms with Crippen molar-refractivity contribution >= 4 is 0 Å². The lowest BCUT2D eigenvalue weighted by Crippen LogP contribution is -2.23. The molecule has 1 N–H and O–H groups in total. The maximum atomic E-state index is 13.6. The van der Waals surface area contributed by atoms with Crippen LogP contribution in [0.5, 0.6) is 5.75 Å². The number of nitrogens with zero attached hydrogens (tertiary/aromatic N) is 1. The molecule has 1 aromatic rings. The molecule has 0 aromatic heterocycles. The Hall–Kier alpha value is -1.60. The first-order valence-electron chi connectivity index (χ1n) is 5.61. The molecule has 0 radical (unpaired) electrons. The van der Waals surface area contributed by atoms with Crippen LogP contribution in [0.4, 0.5) is 4.39 Å². The van der Waals surface area contributed by atoms with Crippen molar-refractivity contribution in [3.8, 4) is 11.8 Å².